The number of nitrogens with one attached hydrogen (secondary N) is 1. The van der Waals surface area contributed by atoms with Gasteiger partial charge in [0.1, 0.15) is 0 Å². The molecular formula is C18H17ClN4OS. The summed E-state index contributed by atoms with van der Waals surface area (Å²) in [6.07, 6.45) is 0. The first-order valence-corrected chi connectivity index (χ1v) is 9.05. The zero-order valence-corrected chi connectivity index (χ0v) is 15.4. The van der Waals surface area contributed by atoms with Crippen molar-refractivity contribution in [2.45, 2.75) is 12.1 Å². The van der Waals surface area contributed by atoms with E-state index in [1.807, 2.05) is 67.1 Å². The van der Waals surface area contributed by atoms with Crippen LogP contribution < -0.4 is 5.32 Å². The van der Waals surface area contributed by atoms with Gasteiger partial charge in [-0.1, -0.05) is 53.7 Å². The summed E-state index contributed by atoms with van der Waals surface area (Å²) in [7, 11) is 1.86. The number of para-hydroxylation sites is 1. The molecule has 1 N–H and O–H groups in total. The molecule has 25 heavy (non-hydrogen) atoms. The molecule has 7 heteroatoms. The molecule has 128 valence electrons. The number of hydrogen-bond acceptors (Lipinski definition) is 4. The molecule has 3 rings (SSSR count). The van der Waals surface area contributed by atoms with Gasteiger partial charge in [-0.25, -0.2) is 0 Å². The molecule has 0 bridgehead atoms. The lowest BCUT2D eigenvalue weighted by molar-refractivity contribution is -0.113. The number of carbonyl (C=O) groups excluding carboxylic acids is 1. The van der Waals surface area contributed by atoms with E-state index in [2.05, 4.69) is 15.5 Å². The lowest BCUT2D eigenvalue weighted by atomic mass is 10.2. The lowest BCUT2D eigenvalue weighted by Crippen LogP contribution is -2.15. The normalized spacial score (nSPS) is 10.7. The first-order chi connectivity index (χ1) is 12.1. The van der Waals surface area contributed by atoms with Gasteiger partial charge >= 0.3 is 0 Å². The number of halogens is 1. The van der Waals surface area contributed by atoms with E-state index in [4.69, 9.17) is 11.6 Å². The van der Waals surface area contributed by atoms with E-state index in [9.17, 15) is 4.79 Å². The number of amides is 1. The summed E-state index contributed by atoms with van der Waals surface area (Å²) in [5.74, 6) is 0.844. The second-order valence-electron chi connectivity index (χ2n) is 5.50. The first kappa shape index (κ1) is 17.5. The maximum atomic E-state index is 12.2. The summed E-state index contributed by atoms with van der Waals surface area (Å²) < 4.78 is 1.84. The van der Waals surface area contributed by atoms with E-state index in [0.29, 0.717) is 16.0 Å². The Labute approximate surface area is 155 Å². The minimum absolute atomic E-state index is 0.0819. The third kappa shape index (κ3) is 4.03. The number of rotatable bonds is 5. The van der Waals surface area contributed by atoms with Crippen LogP contribution in [0.4, 0.5) is 5.69 Å². The van der Waals surface area contributed by atoms with Crippen LogP contribution in [0.5, 0.6) is 0 Å². The highest BCUT2D eigenvalue weighted by Crippen LogP contribution is 2.28. The molecule has 1 aromatic heterocycles. The predicted octanol–water partition coefficient (Wildman–Crippen LogP) is 4.17. The van der Waals surface area contributed by atoms with Crippen LogP contribution in [0, 0.1) is 6.92 Å². The van der Waals surface area contributed by atoms with Crippen LogP contribution >= 0.6 is 23.4 Å². The third-order valence-corrected chi connectivity index (χ3v) is 5.05. The molecule has 0 radical (unpaired) electrons. The van der Waals surface area contributed by atoms with Gasteiger partial charge in [0.15, 0.2) is 11.0 Å². The maximum Gasteiger partial charge on any atom is 0.234 e. The summed E-state index contributed by atoms with van der Waals surface area (Å²) in [6, 6.07) is 15.2. The molecule has 0 aliphatic carbocycles. The van der Waals surface area contributed by atoms with Crippen LogP contribution in [0.25, 0.3) is 11.4 Å². The highest BCUT2D eigenvalue weighted by atomic mass is 35.5. The Hall–Kier alpha value is -2.31. The number of benzene rings is 2. The number of hydrogen-bond donors (Lipinski definition) is 1. The number of aryl methyl sites for hydroxylation is 1. The van der Waals surface area contributed by atoms with Crippen molar-refractivity contribution in [1.82, 2.24) is 14.8 Å². The predicted molar refractivity (Wildman–Crippen MR) is 102 cm³/mol. The molecule has 0 aliphatic heterocycles. The van der Waals surface area contributed by atoms with E-state index in [1.54, 1.807) is 0 Å². The van der Waals surface area contributed by atoms with Gasteiger partial charge in [-0.05, 0) is 30.7 Å². The molecule has 0 unspecified atom stereocenters. The summed E-state index contributed by atoms with van der Waals surface area (Å²) >= 11 is 7.56. The van der Waals surface area contributed by atoms with Crippen molar-refractivity contribution in [2.75, 3.05) is 11.1 Å². The molecule has 0 saturated heterocycles. The molecule has 1 heterocycles. The first-order valence-electron chi connectivity index (χ1n) is 7.69. The van der Waals surface area contributed by atoms with Crippen molar-refractivity contribution in [2.24, 2.45) is 7.05 Å². The van der Waals surface area contributed by atoms with Crippen LogP contribution in [0.3, 0.4) is 0 Å². The number of anilines is 1. The molecule has 5 nitrogen and oxygen atoms in total. The van der Waals surface area contributed by atoms with Crippen molar-refractivity contribution < 1.29 is 4.79 Å². The van der Waals surface area contributed by atoms with E-state index in [0.717, 1.165) is 16.8 Å². The lowest BCUT2D eigenvalue weighted by Gasteiger charge is -2.08. The van der Waals surface area contributed by atoms with Gasteiger partial charge in [0, 0.05) is 18.3 Å². The van der Waals surface area contributed by atoms with Crippen LogP contribution in [-0.2, 0) is 11.8 Å². The molecule has 0 saturated carbocycles. The van der Waals surface area contributed by atoms with Crippen LogP contribution in [0.1, 0.15) is 5.56 Å². The van der Waals surface area contributed by atoms with E-state index < -0.39 is 0 Å². The molecule has 3 aromatic rings. The van der Waals surface area contributed by atoms with Gasteiger partial charge in [0.05, 0.1) is 10.8 Å². The van der Waals surface area contributed by atoms with Crippen LogP contribution in [-0.4, -0.2) is 26.4 Å². The Bertz CT molecular complexity index is 910. The fourth-order valence-electron chi connectivity index (χ4n) is 2.35. The van der Waals surface area contributed by atoms with Crippen LogP contribution in [0.15, 0.2) is 53.7 Å². The van der Waals surface area contributed by atoms with E-state index in [-0.39, 0.29) is 11.7 Å². The van der Waals surface area contributed by atoms with E-state index in [1.165, 1.54) is 11.8 Å². The second-order valence-corrected chi connectivity index (χ2v) is 6.85. The average molecular weight is 373 g/mol. The number of carbonyl (C=O) groups is 1. The minimum atomic E-state index is -0.0819. The second kappa shape index (κ2) is 7.72. The van der Waals surface area contributed by atoms with Crippen molar-refractivity contribution in [3.63, 3.8) is 0 Å². The van der Waals surface area contributed by atoms with Gasteiger partial charge in [0.2, 0.25) is 5.91 Å². The Morgan fingerprint density at radius 2 is 1.88 bits per heavy atom. The Morgan fingerprint density at radius 1 is 1.16 bits per heavy atom. The van der Waals surface area contributed by atoms with Crippen molar-refractivity contribution >= 4 is 35.0 Å². The van der Waals surface area contributed by atoms with Gasteiger partial charge in [-0.3, -0.25) is 4.79 Å². The monoisotopic (exact) mass is 372 g/mol. The zero-order valence-electron chi connectivity index (χ0n) is 13.9. The molecule has 0 atom stereocenters. The smallest absolute Gasteiger partial charge is 0.234 e. The van der Waals surface area contributed by atoms with Gasteiger partial charge in [-0.2, -0.15) is 0 Å². The number of nitrogens with zero attached hydrogens (tertiary/aromatic N) is 3. The van der Waals surface area contributed by atoms with Crippen LogP contribution in [0.2, 0.25) is 5.02 Å². The van der Waals surface area contributed by atoms with E-state index >= 15 is 0 Å². The third-order valence-electron chi connectivity index (χ3n) is 3.70. The Kier molecular flexibility index (Phi) is 5.40. The quantitative estimate of drug-likeness (QED) is 0.683. The summed E-state index contributed by atoms with van der Waals surface area (Å²) in [4.78, 5) is 12.2. The summed E-state index contributed by atoms with van der Waals surface area (Å²) in [6.45, 7) is 1.96. The highest BCUT2D eigenvalue weighted by molar-refractivity contribution is 7.99. The van der Waals surface area contributed by atoms with Crippen molar-refractivity contribution in [1.29, 1.82) is 0 Å². The Balaban J connectivity index is 1.67. The highest BCUT2D eigenvalue weighted by Gasteiger charge is 2.15. The van der Waals surface area contributed by atoms with Crippen molar-refractivity contribution in [3.05, 3.63) is 59.1 Å². The topological polar surface area (TPSA) is 59.8 Å². The van der Waals surface area contributed by atoms with Gasteiger partial charge in [0.25, 0.3) is 0 Å². The summed E-state index contributed by atoms with van der Waals surface area (Å²) in [5.41, 5.74) is 2.67. The number of thioether (sulfide) groups is 1. The van der Waals surface area contributed by atoms with Gasteiger partial charge in [-0.15, -0.1) is 10.2 Å². The molecular weight excluding hydrogens is 356 g/mol. The number of aromatic nitrogens is 3. The molecule has 0 spiro atoms. The van der Waals surface area contributed by atoms with Gasteiger partial charge < -0.3 is 9.88 Å². The minimum Gasteiger partial charge on any atom is -0.325 e. The fourth-order valence-corrected chi connectivity index (χ4v) is 3.28. The maximum absolute atomic E-state index is 12.2. The van der Waals surface area contributed by atoms with Crippen molar-refractivity contribution in [3.8, 4) is 11.4 Å². The molecule has 0 fully saturated rings. The Morgan fingerprint density at radius 3 is 2.64 bits per heavy atom. The molecule has 1 amide bonds. The largest absolute Gasteiger partial charge is 0.325 e. The molecule has 2 aromatic carbocycles. The summed E-state index contributed by atoms with van der Waals surface area (Å²) in [5, 5.41) is 12.6. The SMILES string of the molecule is Cc1ccccc1NC(=O)CSc1nnc(-c2ccccc2Cl)n1C. The molecule has 0 aliphatic rings. The fraction of sp³-hybridized carbons (Fsp3) is 0.167. The standard InChI is InChI=1S/C18H17ClN4OS/c1-12-7-3-6-10-15(12)20-16(24)11-25-18-22-21-17(23(18)2)13-8-4-5-9-14(13)19/h3-10H,11H2,1-2H3,(H,20,24). The zero-order chi connectivity index (χ0) is 17.8. The average Bonchev–Trinajstić information content (AvgIpc) is 2.96.